The number of carbonyl (C=O) groups excluding carboxylic acids is 1. The number of aromatic nitrogens is 3. The van der Waals surface area contributed by atoms with Gasteiger partial charge in [0.1, 0.15) is 5.52 Å². The van der Waals surface area contributed by atoms with Crippen LogP contribution in [0.1, 0.15) is 21.5 Å². The maximum atomic E-state index is 12.8. The van der Waals surface area contributed by atoms with Crippen LogP contribution >= 0.6 is 11.3 Å². The first-order valence-corrected chi connectivity index (χ1v) is 9.94. The van der Waals surface area contributed by atoms with E-state index in [1.54, 1.807) is 32.9 Å². The number of rotatable bonds is 5. The fourth-order valence-electron chi connectivity index (χ4n) is 3.13. The van der Waals surface area contributed by atoms with Crippen molar-refractivity contribution in [1.82, 2.24) is 19.5 Å². The van der Waals surface area contributed by atoms with Crippen LogP contribution in [-0.4, -0.2) is 26.6 Å². The van der Waals surface area contributed by atoms with Crippen molar-refractivity contribution < 1.29 is 4.79 Å². The van der Waals surface area contributed by atoms with Gasteiger partial charge in [-0.1, -0.05) is 17.7 Å². The van der Waals surface area contributed by atoms with Crippen LogP contribution in [0.25, 0.3) is 16.8 Å². The molecule has 1 aromatic carbocycles. The molecule has 0 bridgehead atoms. The summed E-state index contributed by atoms with van der Waals surface area (Å²) in [4.78, 5) is 24.8. The SMILES string of the molecule is Cc1ccc(C)c(-c2cc3c(=O)n(CCNC(=O)c4ccsc4)ccn3n2)c1. The Bertz CT molecular complexity index is 1210. The molecule has 0 saturated carbocycles. The third-order valence-corrected chi connectivity index (χ3v) is 5.38. The lowest BCUT2D eigenvalue weighted by Gasteiger charge is -2.07. The molecule has 4 aromatic rings. The van der Waals surface area contributed by atoms with Gasteiger partial charge in [0.2, 0.25) is 0 Å². The Morgan fingerprint density at radius 1 is 1.18 bits per heavy atom. The number of nitrogens with zero attached hydrogens (tertiary/aromatic N) is 3. The van der Waals surface area contributed by atoms with E-state index in [0.717, 1.165) is 22.4 Å². The number of carbonyl (C=O) groups is 1. The standard InChI is InChI=1S/C21H20N4O2S/c1-14-3-4-15(2)17(11-14)18-12-19-21(27)24(8-9-25(19)23-18)7-6-22-20(26)16-5-10-28-13-16/h3-5,8-13H,6-7H2,1-2H3,(H,22,26). The lowest BCUT2D eigenvalue weighted by atomic mass is 10.0. The second-order valence-corrected chi connectivity index (χ2v) is 7.52. The maximum absolute atomic E-state index is 12.8. The summed E-state index contributed by atoms with van der Waals surface area (Å²) in [6, 6.07) is 9.80. The first-order valence-electron chi connectivity index (χ1n) is 9.00. The minimum absolute atomic E-state index is 0.128. The van der Waals surface area contributed by atoms with E-state index in [2.05, 4.69) is 28.6 Å². The molecule has 7 heteroatoms. The molecule has 4 rings (SSSR count). The third kappa shape index (κ3) is 3.48. The molecule has 6 nitrogen and oxygen atoms in total. The van der Waals surface area contributed by atoms with Crippen molar-refractivity contribution in [3.63, 3.8) is 0 Å². The van der Waals surface area contributed by atoms with Crippen LogP contribution in [-0.2, 0) is 6.54 Å². The molecule has 0 aliphatic rings. The molecule has 0 aliphatic carbocycles. The number of hydrogen-bond donors (Lipinski definition) is 1. The summed E-state index contributed by atoms with van der Waals surface area (Å²) >= 11 is 1.48. The first kappa shape index (κ1) is 18.2. The second kappa shape index (κ2) is 7.44. The molecular formula is C21H20N4O2S. The molecule has 1 N–H and O–H groups in total. The van der Waals surface area contributed by atoms with E-state index in [1.807, 2.05) is 25.3 Å². The molecule has 0 radical (unpaired) electrons. The van der Waals surface area contributed by atoms with Crippen molar-refractivity contribution in [2.75, 3.05) is 6.54 Å². The van der Waals surface area contributed by atoms with Gasteiger partial charge < -0.3 is 9.88 Å². The highest BCUT2D eigenvalue weighted by Gasteiger charge is 2.11. The predicted molar refractivity (Wildman–Crippen MR) is 111 cm³/mol. The highest BCUT2D eigenvalue weighted by Crippen LogP contribution is 2.23. The number of nitrogens with one attached hydrogen (secondary N) is 1. The minimum Gasteiger partial charge on any atom is -0.350 e. The molecule has 1 amide bonds. The summed E-state index contributed by atoms with van der Waals surface area (Å²) in [6.07, 6.45) is 3.47. The maximum Gasteiger partial charge on any atom is 0.276 e. The van der Waals surface area contributed by atoms with Crippen LogP contribution in [0.4, 0.5) is 0 Å². The zero-order valence-electron chi connectivity index (χ0n) is 15.7. The van der Waals surface area contributed by atoms with Gasteiger partial charge in [0.05, 0.1) is 5.69 Å². The zero-order chi connectivity index (χ0) is 19.7. The van der Waals surface area contributed by atoms with Gasteiger partial charge in [-0.2, -0.15) is 16.4 Å². The fraction of sp³-hybridized carbons (Fsp3) is 0.190. The summed E-state index contributed by atoms with van der Waals surface area (Å²) in [5.41, 5.74) is 5.10. The van der Waals surface area contributed by atoms with E-state index < -0.39 is 0 Å². The van der Waals surface area contributed by atoms with Crippen molar-refractivity contribution in [3.8, 4) is 11.3 Å². The summed E-state index contributed by atoms with van der Waals surface area (Å²) in [6.45, 7) is 4.85. The van der Waals surface area contributed by atoms with Gasteiger partial charge in [0.15, 0.2) is 0 Å². The van der Waals surface area contributed by atoms with E-state index in [9.17, 15) is 9.59 Å². The summed E-state index contributed by atoms with van der Waals surface area (Å²) in [5, 5.41) is 11.1. The number of aryl methyl sites for hydroxylation is 2. The Balaban J connectivity index is 1.56. The largest absolute Gasteiger partial charge is 0.350 e. The van der Waals surface area contributed by atoms with Crippen molar-refractivity contribution >= 4 is 22.8 Å². The van der Waals surface area contributed by atoms with Gasteiger partial charge >= 0.3 is 0 Å². The van der Waals surface area contributed by atoms with E-state index in [0.29, 0.717) is 24.2 Å². The van der Waals surface area contributed by atoms with Crippen molar-refractivity contribution in [2.24, 2.45) is 0 Å². The van der Waals surface area contributed by atoms with Crippen LogP contribution < -0.4 is 10.9 Å². The Hall–Kier alpha value is -3.19. The lowest BCUT2D eigenvalue weighted by Crippen LogP contribution is -2.30. The summed E-state index contributed by atoms with van der Waals surface area (Å²) in [5.74, 6) is -0.128. The molecule has 142 valence electrons. The quantitative estimate of drug-likeness (QED) is 0.567. The fourth-order valence-corrected chi connectivity index (χ4v) is 3.77. The summed E-state index contributed by atoms with van der Waals surface area (Å²) < 4.78 is 3.21. The van der Waals surface area contributed by atoms with Crippen LogP contribution in [0.3, 0.4) is 0 Å². The Labute approximate surface area is 166 Å². The van der Waals surface area contributed by atoms with Gasteiger partial charge in [0.25, 0.3) is 11.5 Å². The molecular weight excluding hydrogens is 372 g/mol. The van der Waals surface area contributed by atoms with E-state index in [-0.39, 0.29) is 11.5 Å². The van der Waals surface area contributed by atoms with Crippen molar-refractivity contribution in [1.29, 1.82) is 0 Å². The molecule has 0 atom stereocenters. The number of hydrogen-bond acceptors (Lipinski definition) is 4. The molecule has 0 saturated heterocycles. The van der Waals surface area contributed by atoms with Gasteiger partial charge in [-0.25, -0.2) is 4.52 Å². The number of thiophene rings is 1. The average molecular weight is 392 g/mol. The predicted octanol–water partition coefficient (Wildman–Crippen LogP) is 3.27. The van der Waals surface area contributed by atoms with Gasteiger partial charge in [-0.05, 0) is 43.0 Å². The third-order valence-electron chi connectivity index (χ3n) is 4.69. The molecule has 3 aromatic heterocycles. The smallest absolute Gasteiger partial charge is 0.276 e. The number of fused-ring (bicyclic) bond motifs is 1. The minimum atomic E-state index is -0.128. The molecule has 0 aliphatic heterocycles. The van der Waals surface area contributed by atoms with E-state index >= 15 is 0 Å². The lowest BCUT2D eigenvalue weighted by molar-refractivity contribution is 0.0952. The molecule has 0 fully saturated rings. The molecule has 28 heavy (non-hydrogen) atoms. The molecule has 3 heterocycles. The Morgan fingerprint density at radius 3 is 2.82 bits per heavy atom. The van der Waals surface area contributed by atoms with Crippen LogP contribution in [0.15, 0.2) is 58.3 Å². The molecule has 0 unspecified atom stereocenters. The van der Waals surface area contributed by atoms with Crippen LogP contribution in [0.5, 0.6) is 0 Å². The zero-order valence-corrected chi connectivity index (χ0v) is 16.5. The van der Waals surface area contributed by atoms with E-state index in [4.69, 9.17) is 0 Å². The normalized spacial score (nSPS) is 11.1. The second-order valence-electron chi connectivity index (χ2n) is 6.74. The number of amides is 1. The van der Waals surface area contributed by atoms with Gasteiger partial charge in [0, 0.05) is 42.0 Å². The average Bonchev–Trinajstić information content (AvgIpc) is 3.35. The highest BCUT2D eigenvalue weighted by atomic mass is 32.1. The Kier molecular flexibility index (Phi) is 4.83. The monoisotopic (exact) mass is 392 g/mol. The topological polar surface area (TPSA) is 68.4 Å². The number of benzene rings is 1. The van der Waals surface area contributed by atoms with Crippen LogP contribution in [0.2, 0.25) is 0 Å². The Morgan fingerprint density at radius 2 is 2.04 bits per heavy atom. The van der Waals surface area contributed by atoms with Gasteiger partial charge in [-0.3, -0.25) is 9.59 Å². The van der Waals surface area contributed by atoms with Crippen LogP contribution in [0, 0.1) is 13.8 Å². The van der Waals surface area contributed by atoms with Crippen molar-refractivity contribution in [3.05, 3.63) is 80.5 Å². The van der Waals surface area contributed by atoms with E-state index in [1.165, 1.54) is 11.3 Å². The van der Waals surface area contributed by atoms with Crippen molar-refractivity contribution in [2.45, 2.75) is 20.4 Å². The first-order chi connectivity index (χ1) is 13.5. The highest BCUT2D eigenvalue weighted by molar-refractivity contribution is 7.08. The molecule has 0 spiro atoms. The summed E-state index contributed by atoms with van der Waals surface area (Å²) in [7, 11) is 0. The van der Waals surface area contributed by atoms with Gasteiger partial charge in [-0.15, -0.1) is 0 Å².